The molecule has 13 heavy (non-hydrogen) atoms. The van der Waals surface area contributed by atoms with Crippen molar-refractivity contribution in [3.8, 4) is 0 Å². The number of rotatable bonds is 4. The van der Waals surface area contributed by atoms with Gasteiger partial charge in [-0.2, -0.15) is 0 Å². The van der Waals surface area contributed by atoms with Gasteiger partial charge in [0.25, 0.3) is 0 Å². The van der Waals surface area contributed by atoms with Gasteiger partial charge in [0.2, 0.25) is 0 Å². The third-order valence-electron chi connectivity index (χ3n) is 2.14. The molecule has 3 nitrogen and oxygen atoms in total. The molecule has 0 N–H and O–H groups in total. The molecule has 0 fully saturated rings. The largest absolute Gasteiger partial charge is 0.249 e. The van der Waals surface area contributed by atoms with Gasteiger partial charge in [-0.25, -0.2) is 9.07 Å². The molecule has 0 saturated carbocycles. The maximum Gasteiger partial charge on any atom is 0.112 e. The van der Waals surface area contributed by atoms with E-state index in [2.05, 4.69) is 10.3 Å². The summed E-state index contributed by atoms with van der Waals surface area (Å²) in [4.78, 5) is 0. The first-order chi connectivity index (χ1) is 6.19. The second-order valence-corrected chi connectivity index (χ2v) is 3.49. The monoisotopic (exact) mass is 185 g/mol. The Labute approximate surface area is 77.9 Å². The summed E-state index contributed by atoms with van der Waals surface area (Å²) in [5.74, 6) is 0.353. The van der Waals surface area contributed by atoms with E-state index < -0.39 is 0 Å². The van der Waals surface area contributed by atoms with Crippen molar-refractivity contribution in [2.24, 2.45) is 0 Å². The van der Waals surface area contributed by atoms with Crippen molar-refractivity contribution >= 4 is 0 Å². The van der Waals surface area contributed by atoms with Crippen molar-refractivity contribution in [1.29, 1.82) is 0 Å². The van der Waals surface area contributed by atoms with E-state index >= 15 is 0 Å². The van der Waals surface area contributed by atoms with Crippen LogP contribution in [0.1, 0.15) is 44.8 Å². The van der Waals surface area contributed by atoms with Crippen LogP contribution in [0.25, 0.3) is 0 Å². The third-order valence-corrected chi connectivity index (χ3v) is 2.14. The summed E-state index contributed by atoms with van der Waals surface area (Å²) in [6.07, 6.45) is 2.58. The van der Waals surface area contributed by atoms with E-state index in [-0.39, 0.29) is 12.7 Å². The molecule has 0 spiro atoms. The van der Waals surface area contributed by atoms with Gasteiger partial charge in [-0.3, -0.25) is 0 Å². The van der Waals surface area contributed by atoms with E-state index in [0.717, 1.165) is 12.1 Å². The van der Waals surface area contributed by atoms with Crippen LogP contribution < -0.4 is 0 Å². The molecule has 1 aromatic rings. The Morgan fingerprint density at radius 1 is 1.54 bits per heavy atom. The van der Waals surface area contributed by atoms with E-state index in [9.17, 15) is 4.39 Å². The molecule has 74 valence electrons. The first kappa shape index (κ1) is 10.2. The fraction of sp³-hybridized carbons (Fsp3) is 0.778. The average Bonchev–Trinajstić information content (AvgIpc) is 2.56. The molecule has 1 heterocycles. The number of aromatic nitrogens is 3. The van der Waals surface area contributed by atoms with E-state index in [1.807, 2.05) is 27.0 Å². The molecule has 1 aromatic heterocycles. The number of alkyl halides is 1. The van der Waals surface area contributed by atoms with Crippen molar-refractivity contribution in [1.82, 2.24) is 15.0 Å². The predicted octanol–water partition coefficient (Wildman–Crippen LogP) is 2.32. The van der Waals surface area contributed by atoms with Crippen LogP contribution in [-0.4, -0.2) is 21.7 Å². The molecule has 1 unspecified atom stereocenters. The van der Waals surface area contributed by atoms with Gasteiger partial charge < -0.3 is 0 Å². The van der Waals surface area contributed by atoms with Gasteiger partial charge in [0.1, 0.15) is 6.67 Å². The first-order valence-corrected chi connectivity index (χ1v) is 4.66. The molecular formula is C9H16FN3. The van der Waals surface area contributed by atoms with Crippen LogP contribution in [0.15, 0.2) is 6.20 Å². The summed E-state index contributed by atoms with van der Waals surface area (Å²) in [7, 11) is 0. The van der Waals surface area contributed by atoms with E-state index in [1.54, 1.807) is 4.68 Å². The van der Waals surface area contributed by atoms with Gasteiger partial charge >= 0.3 is 0 Å². The standard InChI is InChI=1S/C9H16FN3/c1-4-8(5-10)13-6-9(7(2)3)11-12-13/h6-8H,4-5H2,1-3H3. The SMILES string of the molecule is CCC(CF)n1cc(C(C)C)nn1. The number of nitrogens with zero attached hydrogens (tertiary/aromatic N) is 3. The van der Waals surface area contributed by atoms with Crippen LogP contribution in [0.4, 0.5) is 4.39 Å². The van der Waals surface area contributed by atoms with Crippen LogP contribution in [0, 0.1) is 0 Å². The van der Waals surface area contributed by atoms with Crippen molar-refractivity contribution in [3.05, 3.63) is 11.9 Å². The fourth-order valence-corrected chi connectivity index (χ4v) is 1.10. The molecule has 0 aliphatic rings. The molecule has 0 saturated heterocycles. The van der Waals surface area contributed by atoms with Gasteiger partial charge in [-0.1, -0.05) is 26.0 Å². The fourth-order valence-electron chi connectivity index (χ4n) is 1.10. The summed E-state index contributed by atoms with van der Waals surface area (Å²) >= 11 is 0. The second-order valence-electron chi connectivity index (χ2n) is 3.49. The van der Waals surface area contributed by atoms with Gasteiger partial charge in [0.15, 0.2) is 0 Å². The highest BCUT2D eigenvalue weighted by Crippen LogP contribution is 2.14. The lowest BCUT2D eigenvalue weighted by Crippen LogP contribution is -2.10. The van der Waals surface area contributed by atoms with Crippen LogP contribution >= 0.6 is 0 Å². The lowest BCUT2D eigenvalue weighted by Gasteiger charge is -2.08. The topological polar surface area (TPSA) is 30.7 Å². The van der Waals surface area contributed by atoms with Gasteiger partial charge in [0, 0.05) is 6.20 Å². The zero-order chi connectivity index (χ0) is 9.84. The summed E-state index contributed by atoms with van der Waals surface area (Å²) in [6, 6.07) is -0.153. The van der Waals surface area contributed by atoms with Crippen molar-refractivity contribution in [2.45, 2.75) is 39.2 Å². The minimum Gasteiger partial charge on any atom is -0.249 e. The van der Waals surface area contributed by atoms with E-state index in [0.29, 0.717) is 5.92 Å². The zero-order valence-corrected chi connectivity index (χ0v) is 8.37. The quantitative estimate of drug-likeness (QED) is 0.720. The number of hydrogen-bond donors (Lipinski definition) is 0. The van der Waals surface area contributed by atoms with E-state index in [4.69, 9.17) is 0 Å². The highest BCUT2D eigenvalue weighted by atomic mass is 19.1. The minimum atomic E-state index is -0.378. The molecule has 0 radical (unpaired) electrons. The van der Waals surface area contributed by atoms with E-state index in [1.165, 1.54) is 0 Å². The Balaban J connectivity index is 2.78. The molecular weight excluding hydrogens is 169 g/mol. The Hall–Kier alpha value is -0.930. The summed E-state index contributed by atoms with van der Waals surface area (Å²) < 4.78 is 14.1. The average molecular weight is 185 g/mol. The highest BCUT2D eigenvalue weighted by Gasteiger charge is 2.11. The maximum absolute atomic E-state index is 12.5. The predicted molar refractivity (Wildman–Crippen MR) is 49.4 cm³/mol. The highest BCUT2D eigenvalue weighted by molar-refractivity contribution is 4.98. The van der Waals surface area contributed by atoms with Crippen molar-refractivity contribution < 1.29 is 4.39 Å². The lowest BCUT2D eigenvalue weighted by atomic mass is 10.1. The normalized spacial score (nSPS) is 13.6. The summed E-state index contributed by atoms with van der Waals surface area (Å²) in [5, 5.41) is 7.88. The Morgan fingerprint density at radius 3 is 2.62 bits per heavy atom. The molecule has 0 amide bonds. The summed E-state index contributed by atoms with van der Waals surface area (Å²) in [5.41, 5.74) is 0.923. The maximum atomic E-state index is 12.5. The van der Waals surface area contributed by atoms with Crippen LogP contribution in [0.3, 0.4) is 0 Å². The molecule has 0 bridgehead atoms. The lowest BCUT2D eigenvalue weighted by molar-refractivity contribution is 0.323. The van der Waals surface area contributed by atoms with Crippen LogP contribution in [-0.2, 0) is 0 Å². The molecule has 4 heteroatoms. The third kappa shape index (κ3) is 2.26. The van der Waals surface area contributed by atoms with Crippen molar-refractivity contribution in [3.63, 3.8) is 0 Å². The van der Waals surface area contributed by atoms with Gasteiger partial charge in [0.05, 0.1) is 11.7 Å². The summed E-state index contributed by atoms with van der Waals surface area (Å²) in [6.45, 7) is 5.66. The first-order valence-electron chi connectivity index (χ1n) is 4.66. The molecule has 0 aliphatic heterocycles. The number of halogens is 1. The number of hydrogen-bond acceptors (Lipinski definition) is 2. The van der Waals surface area contributed by atoms with Gasteiger partial charge in [-0.15, -0.1) is 5.10 Å². The molecule has 1 atom stereocenters. The van der Waals surface area contributed by atoms with Gasteiger partial charge in [-0.05, 0) is 12.3 Å². The smallest absolute Gasteiger partial charge is 0.112 e. The van der Waals surface area contributed by atoms with Crippen LogP contribution in [0.2, 0.25) is 0 Å². The zero-order valence-electron chi connectivity index (χ0n) is 8.37. The molecule has 0 aliphatic carbocycles. The molecule has 0 aromatic carbocycles. The minimum absolute atomic E-state index is 0.153. The van der Waals surface area contributed by atoms with Crippen LogP contribution in [0.5, 0.6) is 0 Å². The molecule has 1 rings (SSSR count). The Morgan fingerprint density at radius 2 is 2.23 bits per heavy atom. The Bertz CT molecular complexity index is 253. The second kappa shape index (κ2) is 4.35. The Kier molecular flexibility index (Phi) is 3.39. The van der Waals surface area contributed by atoms with Crippen molar-refractivity contribution in [2.75, 3.05) is 6.67 Å².